The molecule has 1 heterocycles. The van der Waals surface area contributed by atoms with E-state index in [2.05, 4.69) is 41.9 Å². The number of hydrogen-bond acceptors (Lipinski definition) is 2. The first-order chi connectivity index (χ1) is 8.00. The van der Waals surface area contributed by atoms with E-state index < -0.39 is 6.10 Å². The standard InChI is InChI=1S/C14H15BrOS/c1-8-4-10(3)11(5-9(8)2)14(16)12-6-17-7-13(12)15/h4-7,14,16H,1-3H3. The maximum Gasteiger partial charge on any atom is 0.106 e. The molecular weight excluding hydrogens is 296 g/mol. The molecule has 3 heteroatoms. The number of halogens is 1. The van der Waals surface area contributed by atoms with Crippen molar-refractivity contribution in [3.63, 3.8) is 0 Å². The summed E-state index contributed by atoms with van der Waals surface area (Å²) in [6.45, 7) is 6.22. The van der Waals surface area contributed by atoms with Gasteiger partial charge in [-0.25, -0.2) is 0 Å². The first-order valence-corrected chi connectivity index (χ1v) is 7.21. The van der Waals surface area contributed by atoms with Crippen LogP contribution in [0.5, 0.6) is 0 Å². The van der Waals surface area contributed by atoms with Gasteiger partial charge in [-0.3, -0.25) is 0 Å². The van der Waals surface area contributed by atoms with E-state index in [-0.39, 0.29) is 0 Å². The Morgan fingerprint density at radius 3 is 2.24 bits per heavy atom. The molecule has 0 aliphatic carbocycles. The van der Waals surface area contributed by atoms with Crippen molar-refractivity contribution in [2.45, 2.75) is 26.9 Å². The van der Waals surface area contributed by atoms with Gasteiger partial charge in [0.2, 0.25) is 0 Å². The molecule has 0 fully saturated rings. The van der Waals surface area contributed by atoms with Crippen LogP contribution in [0.3, 0.4) is 0 Å². The normalized spacial score (nSPS) is 12.8. The first-order valence-electron chi connectivity index (χ1n) is 5.48. The van der Waals surface area contributed by atoms with Gasteiger partial charge in [0.15, 0.2) is 0 Å². The van der Waals surface area contributed by atoms with Gasteiger partial charge in [0.1, 0.15) is 6.10 Å². The van der Waals surface area contributed by atoms with E-state index in [0.29, 0.717) is 0 Å². The van der Waals surface area contributed by atoms with Crippen LogP contribution in [-0.4, -0.2) is 5.11 Å². The molecule has 1 aromatic carbocycles. The molecule has 1 aromatic heterocycles. The number of hydrogen-bond donors (Lipinski definition) is 1. The van der Waals surface area contributed by atoms with Gasteiger partial charge in [-0.2, -0.15) is 11.3 Å². The highest BCUT2D eigenvalue weighted by molar-refractivity contribution is 9.10. The Balaban J connectivity index is 2.48. The summed E-state index contributed by atoms with van der Waals surface area (Å²) < 4.78 is 0.979. The lowest BCUT2D eigenvalue weighted by Crippen LogP contribution is -2.03. The van der Waals surface area contributed by atoms with Gasteiger partial charge in [0, 0.05) is 15.4 Å². The minimum atomic E-state index is -0.546. The van der Waals surface area contributed by atoms with Gasteiger partial charge >= 0.3 is 0 Å². The van der Waals surface area contributed by atoms with Gasteiger partial charge in [-0.15, -0.1) is 0 Å². The Morgan fingerprint density at radius 1 is 1.00 bits per heavy atom. The molecule has 0 saturated heterocycles. The van der Waals surface area contributed by atoms with Crippen molar-refractivity contribution >= 4 is 27.3 Å². The second-order valence-corrected chi connectivity index (χ2v) is 5.97. The van der Waals surface area contributed by atoms with Gasteiger partial charge in [-0.1, -0.05) is 12.1 Å². The van der Waals surface area contributed by atoms with Crippen molar-refractivity contribution in [3.05, 3.63) is 55.2 Å². The average molecular weight is 311 g/mol. The summed E-state index contributed by atoms with van der Waals surface area (Å²) in [6.07, 6.45) is -0.546. The van der Waals surface area contributed by atoms with Crippen LogP contribution >= 0.6 is 27.3 Å². The van der Waals surface area contributed by atoms with Crippen LogP contribution in [0.1, 0.15) is 33.9 Å². The third-order valence-corrected chi connectivity index (χ3v) is 4.87. The number of benzene rings is 1. The smallest absolute Gasteiger partial charge is 0.106 e. The van der Waals surface area contributed by atoms with E-state index in [1.807, 2.05) is 17.7 Å². The summed E-state index contributed by atoms with van der Waals surface area (Å²) in [5.41, 5.74) is 5.56. The molecule has 2 aromatic rings. The highest BCUT2D eigenvalue weighted by Gasteiger charge is 2.17. The average Bonchev–Trinajstić information content (AvgIpc) is 2.69. The summed E-state index contributed by atoms with van der Waals surface area (Å²) in [7, 11) is 0. The van der Waals surface area contributed by atoms with E-state index in [4.69, 9.17) is 0 Å². The second kappa shape index (κ2) is 4.92. The van der Waals surface area contributed by atoms with Crippen LogP contribution in [0.2, 0.25) is 0 Å². The van der Waals surface area contributed by atoms with Crippen LogP contribution in [0.25, 0.3) is 0 Å². The lowest BCUT2D eigenvalue weighted by atomic mass is 9.95. The van der Waals surface area contributed by atoms with Crippen molar-refractivity contribution in [1.82, 2.24) is 0 Å². The van der Waals surface area contributed by atoms with Gasteiger partial charge in [-0.05, 0) is 64.3 Å². The monoisotopic (exact) mass is 310 g/mol. The number of thiophene rings is 1. The molecule has 0 bridgehead atoms. The zero-order valence-electron chi connectivity index (χ0n) is 10.1. The van der Waals surface area contributed by atoms with E-state index in [0.717, 1.165) is 21.2 Å². The molecule has 2 rings (SSSR count). The Bertz CT molecular complexity index is 545. The van der Waals surface area contributed by atoms with Crippen molar-refractivity contribution in [3.8, 4) is 0 Å². The maximum atomic E-state index is 10.4. The van der Waals surface area contributed by atoms with Crippen molar-refractivity contribution in [1.29, 1.82) is 0 Å². The van der Waals surface area contributed by atoms with Crippen molar-refractivity contribution in [2.75, 3.05) is 0 Å². The maximum absolute atomic E-state index is 10.4. The highest BCUT2D eigenvalue weighted by Crippen LogP contribution is 2.33. The fourth-order valence-electron chi connectivity index (χ4n) is 1.93. The minimum absolute atomic E-state index is 0.546. The topological polar surface area (TPSA) is 20.2 Å². The molecule has 0 aliphatic rings. The van der Waals surface area contributed by atoms with Crippen LogP contribution in [0.4, 0.5) is 0 Å². The predicted octanol–water partition coefficient (Wildman–Crippen LogP) is 4.52. The Kier molecular flexibility index (Phi) is 3.71. The molecule has 0 spiro atoms. The van der Waals surface area contributed by atoms with Crippen molar-refractivity contribution < 1.29 is 5.11 Å². The third kappa shape index (κ3) is 2.46. The second-order valence-electron chi connectivity index (χ2n) is 4.37. The Labute approximate surface area is 114 Å². The highest BCUT2D eigenvalue weighted by atomic mass is 79.9. The minimum Gasteiger partial charge on any atom is -0.384 e. The van der Waals surface area contributed by atoms with E-state index >= 15 is 0 Å². The summed E-state index contributed by atoms with van der Waals surface area (Å²) in [5, 5.41) is 14.4. The number of aryl methyl sites for hydroxylation is 3. The molecule has 17 heavy (non-hydrogen) atoms. The number of aliphatic hydroxyl groups is 1. The molecule has 1 atom stereocenters. The Morgan fingerprint density at radius 2 is 1.65 bits per heavy atom. The fraction of sp³-hybridized carbons (Fsp3) is 0.286. The molecule has 1 N–H and O–H groups in total. The molecule has 90 valence electrons. The van der Waals surface area contributed by atoms with Crippen LogP contribution in [0.15, 0.2) is 27.4 Å². The molecule has 0 saturated carbocycles. The molecule has 0 radical (unpaired) electrons. The van der Waals surface area contributed by atoms with E-state index in [1.165, 1.54) is 11.1 Å². The van der Waals surface area contributed by atoms with Gasteiger partial charge < -0.3 is 5.11 Å². The number of rotatable bonds is 2. The van der Waals surface area contributed by atoms with Crippen LogP contribution in [0, 0.1) is 20.8 Å². The predicted molar refractivity (Wildman–Crippen MR) is 76.7 cm³/mol. The summed E-state index contributed by atoms with van der Waals surface area (Å²) in [5.74, 6) is 0. The van der Waals surface area contributed by atoms with E-state index in [1.54, 1.807) is 11.3 Å². The lowest BCUT2D eigenvalue weighted by molar-refractivity contribution is 0.219. The van der Waals surface area contributed by atoms with Gasteiger partial charge in [0.25, 0.3) is 0 Å². The lowest BCUT2D eigenvalue weighted by Gasteiger charge is -2.15. The quantitative estimate of drug-likeness (QED) is 0.864. The van der Waals surface area contributed by atoms with Crippen LogP contribution in [-0.2, 0) is 0 Å². The fourth-order valence-corrected chi connectivity index (χ4v) is 3.46. The summed E-state index contributed by atoms with van der Waals surface area (Å²) >= 11 is 5.07. The largest absolute Gasteiger partial charge is 0.384 e. The zero-order chi connectivity index (χ0) is 12.6. The van der Waals surface area contributed by atoms with Crippen LogP contribution < -0.4 is 0 Å². The van der Waals surface area contributed by atoms with Gasteiger partial charge in [0.05, 0.1) is 0 Å². The molecule has 0 amide bonds. The SMILES string of the molecule is Cc1cc(C)c(C(O)c2cscc2Br)cc1C. The molecule has 1 unspecified atom stereocenters. The molecule has 0 aliphatic heterocycles. The zero-order valence-corrected chi connectivity index (χ0v) is 12.5. The molecule has 1 nitrogen and oxygen atoms in total. The van der Waals surface area contributed by atoms with Crippen molar-refractivity contribution in [2.24, 2.45) is 0 Å². The number of aliphatic hydroxyl groups excluding tert-OH is 1. The third-order valence-electron chi connectivity index (χ3n) is 3.11. The summed E-state index contributed by atoms with van der Waals surface area (Å²) in [6, 6.07) is 4.22. The summed E-state index contributed by atoms with van der Waals surface area (Å²) in [4.78, 5) is 0. The Hall–Kier alpha value is -0.640. The molecular formula is C14H15BrOS. The van der Waals surface area contributed by atoms with E-state index in [9.17, 15) is 5.11 Å². The first kappa shape index (κ1) is 12.8.